The summed E-state index contributed by atoms with van der Waals surface area (Å²) in [6, 6.07) is 8.10. The van der Waals surface area contributed by atoms with Crippen LogP contribution in [-0.2, 0) is 16.1 Å². The summed E-state index contributed by atoms with van der Waals surface area (Å²) < 4.78 is 5.24. The summed E-state index contributed by atoms with van der Waals surface area (Å²) in [6.07, 6.45) is 3.40. The van der Waals surface area contributed by atoms with Crippen LogP contribution in [0.5, 0.6) is 0 Å². The number of nitrogens with zero attached hydrogens (tertiary/aromatic N) is 2. The lowest BCUT2D eigenvalue weighted by atomic mass is 10.1. The number of nitrogens with one attached hydrogen (secondary N) is 1. The van der Waals surface area contributed by atoms with Gasteiger partial charge in [0.15, 0.2) is 0 Å². The third-order valence-corrected chi connectivity index (χ3v) is 3.40. The highest BCUT2D eigenvalue weighted by molar-refractivity contribution is 6.28. The molecule has 0 aliphatic heterocycles. The molecule has 1 aromatic heterocycles. The van der Waals surface area contributed by atoms with Gasteiger partial charge in [-0.1, -0.05) is 24.3 Å². The lowest BCUT2D eigenvalue weighted by Gasteiger charge is -2.24. The van der Waals surface area contributed by atoms with E-state index in [2.05, 4.69) is 15.3 Å². The van der Waals surface area contributed by atoms with Gasteiger partial charge in [-0.3, -0.25) is 4.79 Å². The van der Waals surface area contributed by atoms with E-state index in [0.717, 1.165) is 16.7 Å². The normalized spacial score (nSPS) is 11.3. The SMILES string of the molecule is CC(=O)OC(C)(C)CNCc1ccc(-c2cnc(Cl)nc2)cc1. The molecule has 0 amide bonds. The molecule has 6 heteroatoms. The minimum Gasteiger partial charge on any atom is -0.458 e. The molecule has 0 atom stereocenters. The van der Waals surface area contributed by atoms with Crippen molar-refractivity contribution in [3.8, 4) is 11.1 Å². The van der Waals surface area contributed by atoms with Crippen LogP contribution in [0.25, 0.3) is 11.1 Å². The average Bonchev–Trinajstić information content (AvgIpc) is 2.47. The van der Waals surface area contributed by atoms with E-state index < -0.39 is 5.60 Å². The molecule has 1 heterocycles. The molecule has 0 bridgehead atoms. The minimum absolute atomic E-state index is 0.241. The van der Waals surface area contributed by atoms with Crippen molar-refractivity contribution in [2.24, 2.45) is 0 Å². The van der Waals surface area contributed by atoms with Crippen LogP contribution >= 0.6 is 11.6 Å². The maximum absolute atomic E-state index is 11.0. The summed E-state index contributed by atoms with van der Waals surface area (Å²) in [5.41, 5.74) is 2.57. The van der Waals surface area contributed by atoms with E-state index in [1.807, 2.05) is 38.1 Å². The van der Waals surface area contributed by atoms with E-state index in [1.165, 1.54) is 6.92 Å². The molecular formula is C17H20ClN3O2. The van der Waals surface area contributed by atoms with E-state index in [9.17, 15) is 4.79 Å². The Bertz CT molecular complexity index is 655. The predicted octanol–water partition coefficient (Wildman–Crippen LogP) is 3.23. The Hall–Kier alpha value is -1.98. The highest BCUT2D eigenvalue weighted by Gasteiger charge is 2.20. The quantitative estimate of drug-likeness (QED) is 0.649. The molecule has 0 fully saturated rings. The molecule has 0 spiro atoms. The van der Waals surface area contributed by atoms with Crippen LogP contribution in [-0.4, -0.2) is 28.1 Å². The number of aromatic nitrogens is 2. The van der Waals surface area contributed by atoms with Crippen molar-refractivity contribution in [3.05, 3.63) is 47.5 Å². The number of benzene rings is 1. The first-order valence-electron chi connectivity index (χ1n) is 7.33. The Balaban J connectivity index is 1.90. The lowest BCUT2D eigenvalue weighted by Crippen LogP contribution is -2.38. The average molecular weight is 334 g/mol. The van der Waals surface area contributed by atoms with Crippen molar-refractivity contribution in [3.63, 3.8) is 0 Å². The van der Waals surface area contributed by atoms with Gasteiger partial charge in [0, 0.05) is 38.0 Å². The summed E-state index contributed by atoms with van der Waals surface area (Å²) in [4.78, 5) is 19.0. The molecular weight excluding hydrogens is 314 g/mol. The number of halogens is 1. The maximum atomic E-state index is 11.0. The molecule has 2 rings (SSSR count). The van der Waals surface area contributed by atoms with Crippen LogP contribution in [0.1, 0.15) is 26.3 Å². The van der Waals surface area contributed by atoms with Crippen molar-refractivity contribution in [2.75, 3.05) is 6.54 Å². The molecule has 0 aliphatic rings. The van der Waals surface area contributed by atoms with Crippen molar-refractivity contribution in [1.29, 1.82) is 0 Å². The summed E-state index contributed by atoms with van der Waals surface area (Å²) in [5.74, 6) is -0.272. The summed E-state index contributed by atoms with van der Waals surface area (Å²) in [6.45, 7) is 6.46. The second-order valence-electron chi connectivity index (χ2n) is 5.89. The van der Waals surface area contributed by atoms with Crippen molar-refractivity contribution in [1.82, 2.24) is 15.3 Å². The molecule has 23 heavy (non-hydrogen) atoms. The number of ether oxygens (including phenoxy) is 1. The second-order valence-corrected chi connectivity index (χ2v) is 6.23. The third kappa shape index (κ3) is 5.62. The molecule has 0 unspecified atom stereocenters. The Morgan fingerprint density at radius 1 is 1.17 bits per heavy atom. The molecule has 5 nitrogen and oxygen atoms in total. The van der Waals surface area contributed by atoms with Gasteiger partial charge < -0.3 is 10.1 Å². The highest BCUT2D eigenvalue weighted by atomic mass is 35.5. The fourth-order valence-corrected chi connectivity index (χ4v) is 2.31. The van der Waals surface area contributed by atoms with Crippen LogP contribution in [0.4, 0.5) is 0 Å². The Kier molecular flexibility index (Phi) is 5.69. The Labute approximate surface area is 141 Å². The first-order valence-corrected chi connectivity index (χ1v) is 7.71. The fraction of sp³-hybridized carbons (Fsp3) is 0.353. The van der Waals surface area contributed by atoms with Crippen molar-refractivity contribution < 1.29 is 9.53 Å². The Morgan fingerprint density at radius 3 is 2.35 bits per heavy atom. The number of hydrogen-bond donors (Lipinski definition) is 1. The van der Waals surface area contributed by atoms with Crippen LogP contribution in [0.2, 0.25) is 5.28 Å². The van der Waals surface area contributed by atoms with Gasteiger partial charge >= 0.3 is 5.97 Å². The van der Waals surface area contributed by atoms with Crippen molar-refractivity contribution >= 4 is 17.6 Å². The van der Waals surface area contributed by atoms with Gasteiger partial charge in [0.05, 0.1) is 0 Å². The number of esters is 1. The largest absolute Gasteiger partial charge is 0.458 e. The molecule has 2 aromatic rings. The Morgan fingerprint density at radius 2 is 1.78 bits per heavy atom. The zero-order valence-corrected chi connectivity index (χ0v) is 14.2. The van der Waals surface area contributed by atoms with E-state index >= 15 is 0 Å². The molecule has 0 aliphatic carbocycles. The van der Waals surface area contributed by atoms with Gasteiger partial charge in [-0.2, -0.15) is 0 Å². The number of carbonyl (C=O) groups excluding carboxylic acids is 1. The summed E-state index contributed by atoms with van der Waals surface area (Å²) in [7, 11) is 0. The zero-order valence-electron chi connectivity index (χ0n) is 13.5. The van der Waals surface area contributed by atoms with Gasteiger partial charge in [0.25, 0.3) is 0 Å². The van der Waals surface area contributed by atoms with Crippen LogP contribution in [0, 0.1) is 0 Å². The zero-order chi connectivity index (χ0) is 16.9. The first-order chi connectivity index (χ1) is 10.9. The smallest absolute Gasteiger partial charge is 0.303 e. The first kappa shape index (κ1) is 17.4. The molecule has 1 N–H and O–H groups in total. The van der Waals surface area contributed by atoms with E-state index in [-0.39, 0.29) is 11.3 Å². The highest BCUT2D eigenvalue weighted by Crippen LogP contribution is 2.19. The van der Waals surface area contributed by atoms with Crippen LogP contribution < -0.4 is 5.32 Å². The molecule has 0 saturated heterocycles. The van der Waals surface area contributed by atoms with Crippen LogP contribution in [0.15, 0.2) is 36.7 Å². The monoisotopic (exact) mass is 333 g/mol. The van der Waals surface area contributed by atoms with Gasteiger partial charge in [0.2, 0.25) is 5.28 Å². The summed E-state index contributed by atoms with van der Waals surface area (Å²) in [5, 5.41) is 3.54. The van der Waals surface area contributed by atoms with E-state index in [0.29, 0.717) is 13.1 Å². The number of rotatable bonds is 6. The molecule has 0 radical (unpaired) electrons. The summed E-state index contributed by atoms with van der Waals surface area (Å²) >= 11 is 5.69. The topological polar surface area (TPSA) is 64.1 Å². The molecule has 0 saturated carbocycles. The van der Waals surface area contributed by atoms with Gasteiger partial charge in [-0.25, -0.2) is 9.97 Å². The van der Waals surface area contributed by atoms with Gasteiger partial charge in [-0.15, -0.1) is 0 Å². The number of carbonyl (C=O) groups is 1. The molecule has 122 valence electrons. The predicted molar refractivity (Wildman–Crippen MR) is 90.0 cm³/mol. The van der Waals surface area contributed by atoms with E-state index in [1.54, 1.807) is 12.4 Å². The standard InChI is InChI=1S/C17H20ClN3O2/c1-12(22)23-17(2,3)11-19-8-13-4-6-14(7-5-13)15-9-20-16(18)21-10-15/h4-7,9-10,19H,8,11H2,1-3H3. The molecule has 1 aromatic carbocycles. The van der Waals surface area contributed by atoms with E-state index in [4.69, 9.17) is 16.3 Å². The van der Waals surface area contributed by atoms with Gasteiger partial charge in [-0.05, 0) is 36.6 Å². The maximum Gasteiger partial charge on any atom is 0.303 e. The lowest BCUT2D eigenvalue weighted by molar-refractivity contribution is -0.153. The second kappa shape index (κ2) is 7.53. The fourth-order valence-electron chi connectivity index (χ4n) is 2.21. The van der Waals surface area contributed by atoms with Crippen LogP contribution in [0.3, 0.4) is 0 Å². The third-order valence-electron chi connectivity index (χ3n) is 3.21. The van der Waals surface area contributed by atoms with Crippen molar-refractivity contribution in [2.45, 2.75) is 32.9 Å². The minimum atomic E-state index is -0.521. The van der Waals surface area contributed by atoms with Gasteiger partial charge in [0.1, 0.15) is 5.60 Å². The number of hydrogen-bond acceptors (Lipinski definition) is 5.